The number of H-pyrrole nitrogens is 1. The summed E-state index contributed by atoms with van der Waals surface area (Å²) >= 11 is 0. The number of carbonyl (C=O) groups is 1. The molecule has 0 spiro atoms. The second-order valence-electron chi connectivity index (χ2n) is 4.70. The Hall–Kier alpha value is -3.75. The number of nitro groups is 1. The van der Waals surface area contributed by atoms with E-state index < -0.39 is 10.8 Å². The first-order chi connectivity index (χ1) is 11.6. The SMILES string of the molecule is O=C(NN=Cc1cccc([N+](=O)[O-])c1)c1cc(-c2ccco2)[nH]n1. The Morgan fingerprint density at radius 3 is 2.96 bits per heavy atom. The summed E-state index contributed by atoms with van der Waals surface area (Å²) in [6.45, 7) is 0. The summed E-state index contributed by atoms with van der Waals surface area (Å²) in [4.78, 5) is 22.1. The van der Waals surface area contributed by atoms with Crippen LogP contribution in [0.3, 0.4) is 0 Å². The first-order valence-corrected chi connectivity index (χ1v) is 6.80. The largest absolute Gasteiger partial charge is 0.463 e. The summed E-state index contributed by atoms with van der Waals surface area (Å²) in [5, 5.41) is 21.0. The minimum absolute atomic E-state index is 0.0549. The van der Waals surface area contributed by atoms with Crippen molar-refractivity contribution >= 4 is 17.8 Å². The van der Waals surface area contributed by atoms with E-state index in [1.165, 1.54) is 36.7 Å². The first-order valence-electron chi connectivity index (χ1n) is 6.80. The van der Waals surface area contributed by atoms with Gasteiger partial charge in [0, 0.05) is 23.8 Å². The lowest BCUT2D eigenvalue weighted by atomic mass is 10.2. The van der Waals surface area contributed by atoms with Crippen molar-refractivity contribution in [1.82, 2.24) is 15.6 Å². The number of hydrogen-bond acceptors (Lipinski definition) is 6. The maximum absolute atomic E-state index is 11.9. The highest BCUT2D eigenvalue weighted by Gasteiger charge is 2.12. The van der Waals surface area contributed by atoms with Crippen molar-refractivity contribution in [3.63, 3.8) is 0 Å². The van der Waals surface area contributed by atoms with Crippen molar-refractivity contribution in [1.29, 1.82) is 0 Å². The van der Waals surface area contributed by atoms with Crippen molar-refractivity contribution in [3.05, 3.63) is 70.1 Å². The number of carbonyl (C=O) groups excluding carboxylic acids is 1. The fourth-order valence-corrected chi connectivity index (χ4v) is 1.94. The standard InChI is InChI=1S/C15H11N5O4/c21-15(13-8-12(17-18-13)14-5-2-6-24-14)19-16-9-10-3-1-4-11(7-10)20(22)23/h1-9H,(H,17,18)(H,19,21). The molecule has 1 amide bonds. The molecule has 0 unspecified atom stereocenters. The Morgan fingerprint density at radius 1 is 1.33 bits per heavy atom. The third kappa shape index (κ3) is 3.35. The lowest BCUT2D eigenvalue weighted by Crippen LogP contribution is -2.18. The van der Waals surface area contributed by atoms with E-state index in [4.69, 9.17) is 4.42 Å². The fraction of sp³-hybridized carbons (Fsp3) is 0. The summed E-state index contributed by atoms with van der Waals surface area (Å²) < 4.78 is 5.19. The number of nitro benzene ring substituents is 1. The van der Waals surface area contributed by atoms with Crippen LogP contribution in [0.5, 0.6) is 0 Å². The molecule has 24 heavy (non-hydrogen) atoms. The summed E-state index contributed by atoms with van der Waals surface area (Å²) in [5.41, 5.74) is 3.44. The highest BCUT2D eigenvalue weighted by molar-refractivity contribution is 5.94. The van der Waals surface area contributed by atoms with Crippen molar-refractivity contribution in [2.75, 3.05) is 0 Å². The van der Waals surface area contributed by atoms with Crippen LogP contribution in [0.15, 0.2) is 58.2 Å². The van der Waals surface area contributed by atoms with Gasteiger partial charge in [0.25, 0.3) is 11.6 Å². The maximum Gasteiger partial charge on any atom is 0.291 e. The van der Waals surface area contributed by atoms with E-state index in [0.29, 0.717) is 17.0 Å². The Bertz CT molecular complexity index is 898. The zero-order valence-electron chi connectivity index (χ0n) is 12.2. The molecule has 1 aromatic carbocycles. The van der Waals surface area contributed by atoms with Gasteiger partial charge in [0.15, 0.2) is 11.5 Å². The number of aromatic nitrogens is 2. The van der Waals surface area contributed by atoms with Crippen LogP contribution in [0.2, 0.25) is 0 Å². The second kappa shape index (κ2) is 6.57. The molecule has 2 heterocycles. The van der Waals surface area contributed by atoms with Crippen LogP contribution in [0.4, 0.5) is 5.69 Å². The van der Waals surface area contributed by atoms with Gasteiger partial charge >= 0.3 is 0 Å². The molecular weight excluding hydrogens is 314 g/mol. The normalized spacial score (nSPS) is 10.8. The highest BCUT2D eigenvalue weighted by atomic mass is 16.6. The topological polar surface area (TPSA) is 126 Å². The van der Waals surface area contributed by atoms with Gasteiger partial charge < -0.3 is 4.42 Å². The van der Waals surface area contributed by atoms with Crippen LogP contribution in [0, 0.1) is 10.1 Å². The average molecular weight is 325 g/mol. The molecule has 2 N–H and O–H groups in total. The Kier molecular flexibility index (Phi) is 4.15. The molecule has 2 aromatic heterocycles. The number of aromatic amines is 1. The Labute approximate surface area is 135 Å². The molecule has 0 aliphatic rings. The molecule has 0 saturated carbocycles. The van der Waals surface area contributed by atoms with Gasteiger partial charge in [0.2, 0.25) is 0 Å². The first kappa shape index (κ1) is 15.2. The maximum atomic E-state index is 11.9. The van der Waals surface area contributed by atoms with E-state index in [-0.39, 0.29) is 11.4 Å². The van der Waals surface area contributed by atoms with Gasteiger partial charge in [-0.15, -0.1) is 0 Å². The lowest BCUT2D eigenvalue weighted by Gasteiger charge is -1.96. The van der Waals surface area contributed by atoms with Gasteiger partial charge in [-0.05, 0) is 12.1 Å². The van der Waals surface area contributed by atoms with Gasteiger partial charge in [0.1, 0.15) is 5.69 Å². The van der Waals surface area contributed by atoms with E-state index in [9.17, 15) is 14.9 Å². The number of hydrazone groups is 1. The second-order valence-corrected chi connectivity index (χ2v) is 4.70. The van der Waals surface area contributed by atoms with Crippen molar-refractivity contribution in [2.45, 2.75) is 0 Å². The minimum Gasteiger partial charge on any atom is -0.463 e. The molecule has 120 valence electrons. The number of rotatable bonds is 5. The quantitative estimate of drug-likeness (QED) is 0.423. The molecule has 0 fully saturated rings. The molecule has 0 radical (unpaired) electrons. The van der Waals surface area contributed by atoms with E-state index in [1.807, 2.05) is 0 Å². The summed E-state index contributed by atoms with van der Waals surface area (Å²) in [7, 11) is 0. The molecule has 0 aliphatic carbocycles. The third-order valence-electron chi connectivity index (χ3n) is 3.06. The van der Waals surface area contributed by atoms with Crippen LogP contribution in [0.25, 0.3) is 11.5 Å². The predicted molar refractivity (Wildman–Crippen MR) is 84.4 cm³/mol. The van der Waals surface area contributed by atoms with Gasteiger partial charge in [-0.2, -0.15) is 10.2 Å². The van der Waals surface area contributed by atoms with E-state index in [2.05, 4.69) is 20.7 Å². The van der Waals surface area contributed by atoms with Crippen LogP contribution >= 0.6 is 0 Å². The number of non-ortho nitro benzene ring substituents is 1. The van der Waals surface area contributed by atoms with Gasteiger partial charge in [-0.3, -0.25) is 20.0 Å². The summed E-state index contributed by atoms with van der Waals surface area (Å²) in [6.07, 6.45) is 2.82. The van der Waals surface area contributed by atoms with Crippen LogP contribution < -0.4 is 5.43 Å². The van der Waals surface area contributed by atoms with E-state index in [1.54, 1.807) is 18.2 Å². The zero-order chi connectivity index (χ0) is 16.9. The number of amides is 1. The van der Waals surface area contributed by atoms with Crippen LogP contribution in [0.1, 0.15) is 16.1 Å². The number of nitrogens with zero attached hydrogens (tertiary/aromatic N) is 3. The van der Waals surface area contributed by atoms with Crippen molar-refractivity contribution in [3.8, 4) is 11.5 Å². The molecule has 0 bridgehead atoms. The van der Waals surface area contributed by atoms with Crippen molar-refractivity contribution in [2.24, 2.45) is 5.10 Å². The smallest absolute Gasteiger partial charge is 0.291 e. The molecule has 3 rings (SSSR count). The number of benzene rings is 1. The minimum atomic E-state index is -0.522. The molecule has 3 aromatic rings. The number of nitrogens with one attached hydrogen (secondary N) is 2. The van der Waals surface area contributed by atoms with E-state index >= 15 is 0 Å². The monoisotopic (exact) mass is 325 g/mol. The van der Waals surface area contributed by atoms with Crippen molar-refractivity contribution < 1.29 is 14.1 Å². The molecule has 9 heteroatoms. The third-order valence-corrected chi connectivity index (χ3v) is 3.06. The van der Waals surface area contributed by atoms with Crippen LogP contribution in [-0.4, -0.2) is 27.2 Å². The molecule has 9 nitrogen and oxygen atoms in total. The molecule has 0 aliphatic heterocycles. The van der Waals surface area contributed by atoms with Gasteiger partial charge in [-0.1, -0.05) is 12.1 Å². The zero-order valence-corrected chi connectivity index (χ0v) is 12.2. The Balaban J connectivity index is 1.65. The summed E-state index contributed by atoms with van der Waals surface area (Å²) in [6, 6.07) is 10.9. The van der Waals surface area contributed by atoms with Gasteiger partial charge in [-0.25, -0.2) is 5.43 Å². The fourth-order valence-electron chi connectivity index (χ4n) is 1.94. The predicted octanol–water partition coefficient (Wildman–Crippen LogP) is 2.34. The number of furan rings is 1. The Morgan fingerprint density at radius 2 is 2.21 bits per heavy atom. The molecule has 0 atom stereocenters. The number of hydrogen-bond donors (Lipinski definition) is 2. The van der Waals surface area contributed by atoms with Crippen LogP contribution in [-0.2, 0) is 0 Å². The lowest BCUT2D eigenvalue weighted by molar-refractivity contribution is -0.384. The molecular formula is C15H11N5O4. The average Bonchev–Trinajstić information content (AvgIpc) is 3.26. The molecule has 0 saturated heterocycles. The highest BCUT2D eigenvalue weighted by Crippen LogP contribution is 2.17. The van der Waals surface area contributed by atoms with Gasteiger partial charge in [0.05, 0.1) is 17.4 Å². The summed E-state index contributed by atoms with van der Waals surface area (Å²) in [5.74, 6) is 0.0346. The van der Waals surface area contributed by atoms with E-state index in [0.717, 1.165) is 0 Å².